The number of hydrogen-bond donors (Lipinski definition) is 1. The molecular formula is C16H25NO2. The van der Waals surface area contributed by atoms with Crippen LogP contribution in [-0.4, -0.2) is 14.2 Å². The number of allylic oxidation sites excluding steroid dienone is 1. The lowest BCUT2D eigenvalue weighted by atomic mass is 10.2. The average molecular weight is 263 g/mol. The first-order valence-electron chi connectivity index (χ1n) is 6.43. The minimum absolute atomic E-state index is 0. The Kier molecular flexibility index (Phi) is 6.20. The fourth-order valence-corrected chi connectivity index (χ4v) is 1.68. The Balaban J connectivity index is 0.000000387. The van der Waals surface area contributed by atoms with Crippen LogP contribution in [0.25, 0.3) is 0 Å². The molecule has 0 aromatic heterocycles. The highest BCUT2D eigenvalue weighted by molar-refractivity contribution is 5.40. The molecule has 2 N–H and O–H groups in total. The molecule has 0 saturated heterocycles. The van der Waals surface area contributed by atoms with Gasteiger partial charge in [-0.2, -0.15) is 0 Å². The number of methoxy groups -OCH3 is 2. The van der Waals surface area contributed by atoms with Gasteiger partial charge in [0.1, 0.15) is 11.5 Å². The minimum atomic E-state index is 0. The van der Waals surface area contributed by atoms with Crippen molar-refractivity contribution >= 4 is 0 Å². The minimum Gasteiger partial charge on any atom is -0.497 e. The molecule has 19 heavy (non-hydrogen) atoms. The Bertz CT molecular complexity index is 464. The highest BCUT2D eigenvalue weighted by Crippen LogP contribution is 2.35. The third kappa shape index (κ3) is 4.82. The number of hydrogen-bond acceptors (Lipinski definition) is 3. The maximum Gasteiger partial charge on any atom is 0.127 e. The molecule has 106 valence electrons. The van der Waals surface area contributed by atoms with Crippen molar-refractivity contribution in [2.24, 2.45) is 11.7 Å². The second-order valence-electron chi connectivity index (χ2n) is 4.52. The SMILES string of the molecule is C=C=C(C)C1CC1.COc1ccc(CN)c(OC)c1.[HH]. The highest BCUT2D eigenvalue weighted by atomic mass is 16.5. The molecule has 1 aromatic carbocycles. The summed E-state index contributed by atoms with van der Waals surface area (Å²) in [4.78, 5) is 0. The molecule has 3 heteroatoms. The van der Waals surface area contributed by atoms with E-state index in [0.717, 1.165) is 23.0 Å². The second-order valence-corrected chi connectivity index (χ2v) is 4.52. The lowest BCUT2D eigenvalue weighted by Gasteiger charge is -2.07. The van der Waals surface area contributed by atoms with Gasteiger partial charge in [0.15, 0.2) is 0 Å². The molecule has 2 rings (SSSR count). The van der Waals surface area contributed by atoms with Gasteiger partial charge < -0.3 is 15.2 Å². The Morgan fingerprint density at radius 1 is 1.42 bits per heavy atom. The highest BCUT2D eigenvalue weighted by Gasteiger charge is 2.22. The van der Waals surface area contributed by atoms with Gasteiger partial charge >= 0.3 is 0 Å². The van der Waals surface area contributed by atoms with E-state index >= 15 is 0 Å². The standard InChI is InChI=1S/C9H13NO2.C7H10.H2/c1-11-8-4-3-7(6-10)9(5-8)12-2;1-3-6(2)7-4-5-7;/h3-5H,6,10H2,1-2H3;7H,1,4-5H2,2H3;1H. The van der Waals surface area contributed by atoms with Crippen molar-refractivity contribution in [2.45, 2.75) is 26.3 Å². The molecule has 1 aliphatic rings. The first-order valence-corrected chi connectivity index (χ1v) is 6.43. The average Bonchev–Trinajstić information content (AvgIpc) is 3.30. The molecule has 0 radical (unpaired) electrons. The monoisotopic (exact) mass is 263 g/mol. The largest absolute Gasteiger partial charge is 0.497 e. The zero-order valence-corrected chi connectivity index (χ0v) is 12.0. The maximum absolute atomic E-state index is 5.50. The lowest BCUT2D eigenvalue weighted by Crippen LogP contribution is -1.99. The number of ether oxygens (including phenoxy) is 2. The van der Waals surface area contributed by atoms with Crippen molar-refractivity contribution in [3.8, 4) is 11.5 Å². The molecule has 1 fully saturated rings. The molecule has 1 saturated carbocycles. The summed E-state index contributed by atoms with van der Waals surface area (Å²) in [5.74, 6) is 2.42. The van der Waals surface area contributed by atoms with Crippen molar-refractivity contribution in [1.82, 2.24) is 0 Å². The molecular weight excluding hydrogens is 238 g/mol. The van der Waals surface area contributed by atoms with Crippen molar-refractivity contribution in [1.29, 1.82) is 0 Å². The summed E-state index contributed by atoms with van der Waals surface area (Å²) in [6, 6.07) is 5.59. The molecule has 0 unspecified atom stereocenters. The van der Waals surface area contributed by atoms with E-state index in [1.807, 2.05) is 18.2 Å². The van der Waals surface area contributed by atoms with Crippen molar-refractivity contribution in [3.05, 3.63) is 41.6 Å². The predicted molar refractivity (Wildman–Crippen MR) is 80.6 cm³/mol. The van der Waals surface area contributed by atoms with Crippen LogP contribution >= 0.6 is 0 Å². The van der Waals surface area contributed by atoms with Crippen LogP contribution in [0.2, 0.25) is 0 Å². The summed E-state index contributed by atoms with van der Waals surface area (Å²) in [5.41, 5.74) is 10.7. The van der Waals surface area contributed by atoms with Crippen LogP contribution in [0.15, 0.2) is 36.1 Å². The number of benzene rings is 1. The summed E-state index contributed by atoms with van der Waals surface area (Å²) in [6.45, 7) is 6.14. The van der Waals surface area contributed by atoms with Crippen molar-refractivity contribution < 1.29 is 10.9 Å². The van der Waals surface area contributed by atoms with Crippen molar-refractivity contribution in [3.63, 3.8) is 0 Å². The van der Waals surface area contributed by atoms with Crippen LogP contribution in [0.3, 0.4) is 0 Å². The normalized spacial score (nSPS) is 12.8. The summed E-state index contributed by atoms with van der Waals surface area (Å²) < 4.78 is 10.2. The third-order valence-corrected chi connectivity index (χ3v) is 3.18. The first kappa shape index (κ1) is 15.4. The Hall–Kier alpha value is -1.70. The third-order valence-electron chi connectivity index (χ3n) is 3.18. The lowest BCUT2D eigenvalue weighted by molar-refractivity contribution is 0.391. The Morgan fingerprint density at radius 3 is 2.47 bits per heavy atom. The van der Waals surface area contributed by atoms with Crippen molar-refractivity contribution in [2.75, 3.05) is 14.2 Å². The Morgan fingerprint density at radius 2 is 2.11 bits per heavy atom. The molecule has 0 spiro atoms. The van der Waals surface area contributed by atoms with Crippen LogP contribution in [0.1, 0.15) is 26.8 Å². The van der Waals surface area contributed by atoms with E-state index < -0.39 is 0 Å². The fraction of sp³-hybridized carbons (Fsp3) is 0.438. The summed E-state index contributed by atoms with van der Waals surface area (Å²) in [5, 5.41) is 0. The smallest absolute Gasteiger partial charge is 0.127 e. The summed E-state index contributed by atoms with van der Waals surface area (Å²) in [6.07, 6.45) is 2.74. The summed E-state index contributed by atoms with van der Waals surface area (Å²) >= 11 is 0. The number of nitrogens with two attached hydrogens (primary N) is 1. The quantitative estimate of drug-likeness (QED) is 0.845. The molecule has 0 aliphatic heterocycles. The van der Waals surface area contributed by atoms with Crippen LogP contribution in [-0.2, 0) is 6.54 Å². The summed E-state index contributed by atoms with van der Waals surface area (Å²) in [7, 11) is 3.24. The molecule has 3 nitrogen and oxygen atoms in total. The predicted octanol–water partition coefficient (Wildman–Crippen LogP) is 3.54. The molecule has 1 aliphatic carbocycles. The van der Waals surface area contributed by atoms with E-state index in [2.05, 4.69) is 19.2 Å². The van der Waals surface area contributed by atoms with Gasteiger partial charge in [-0.25, -0.2) is 0 Å². The molecule has 1 aromatic rings. The van der Waals surface area contributed by atoms with Crippen LogP contribution in [0.5, 0.6) is 11.5 Å². The van der Waals surface area contributed by atoms with Crippen LogP contribution in [0.4, 0.5) is 0 Å². The van der Waals surface area contributed by atoms with Gasteiger partial charge in [0.25, 0.3) is 0 Å². The molecule has 0 amide bonds. The van der Waals surface area contributed by atoms with Gasteiger partial charge in [-0.05, 0) is 37.3 Å². The van der Waals surface area contributed by atoms with E-state index in [1.54, 1.807) is 14.2 Å². The van der Waals surface area contributed by atoms with E-state index in [-0.39, 0.29) is 1.43 Å². The zero-order chi connectivity index (χ0) is 14.3. The van der Waals surface area contributed by atoms with Gasteiger partial charge in [0.2, 0.25) is 0 Å². The van der Waals surface area contributed by atoms with Crippen LogP contribution < -0.4 is 15.2 Å². The van der Waals surface area contributed by atoms with Gasteiger partial charge in [-0.3, -0.25) is 0 Å². The first-order chi connectivity index (χ1) is 9.15. The molecule has 0 heterocycles. The van der Waals surface area contributed by atoms with Gasteiger partial charge in [0, 0.05) is 19.6 Å². The van der Waals surface area contributed by atoms with E-state index in [0.29, 0.717) is 6.54 Å². The zero-order valence-electron chi connectivity index (χ0n) is 12.0. The van der Waals surface area contributed by atoms with Gasteiger partial charge in [-0.15, -0.1) is 5.73 Å². The van der Waals surface area contributed by atoms with E-state index in [4.69, 9.17) is 15.2 Å². The molecule has 0 bridgehead atoms. The second kappa shape index (κ2) is 7.67. The van der Waals surface area contributed by atoms with Gasteiger partial charge in [0.05, 0.1) is 14.2 Å². The molecule has 0 atom stereocenters. The Labute approximate surface area is 117 Å². The van der Waals surface area contributed by atoms with Crippen LogP contribution in [0, 0.1) is 5.92 Å². The van der Waals surface area contributed by atoms with Gasteiger partial charge in [-0.1, -0.05) is 12.6 Å². The van der Waals surface area contributed by atoms with E-state index in [1.165, 1.54) is 18.4 Å². The number of rotatable bonds is 4. The maximum atomic E-state index is 5.50. The topological polar surface area (TPSA) is 44.5 Å². The van der Waals surface area contributed by atoms with E-state index in [9.17, 15) is 0 Å². The fourth-order valence-electron chi connectivity index (χ4n) is 1.68.